The Balaban J connectivity index is 0.000000345. The lowest BCUT2D eigenvalue weighted by Gasteiger charge is -2.41. The third-order valence-electron chi connectivity index (χ3n) is 5.16. The predicted octanol–water partition coefficient (Wildman–Crippen LogP) is 2.49. The van der Waals surface area contributed by atoms with E-state index in [1.807, 2.05) is 11.4 Å². The largest absolute Gasteiger partial charge is 0.490 e. The summed E-state index contributed by atoms with van der Waals surface area (Å²) in [5, 5.41) is 9.16. The summed E-state index contributed by atoms with van der Waals surface area (Å²) >= 11 is 1.67. The molecule has 0 saturated carbocycles. The number of piperidine rings is 1. The Kier molecular flexibility index (Phi) is 7.85. The van der Waals surface area contributed by atoms with Crippen LogP contribution in [0.4, 0.5) is 13.2 Å². The summed E-state index contributed by atoms with van der Waals surface area (Å²) in [7, 11) is 1.81. The van der Waals surface area contributed by atoms with Crippen LogP contribution in [0.1, 0.15) is 18.2 Å². The first-order valence-electron chi connectivity index (χ1n) is 9.04. The minimum absolute atomic E-state index is 0.278. The molecular weight excluding hydrogens is 397 g/mol. The number of carbonyl (C=O) groups excluding carboxylic acids is 1. The fraction of sp³-hybridized carbons (Fsp3) is 0.667. The molecule has 6 nitrogen and oxygen atoms in total. The zero-order valence-corrected chi connectivity index (χ0v) is 16.6. The number of alkyl halides is 3. The molecule has 1 aromatic heterocycles. The number of aliphatic carboxylic acids is 1. The van der Waals surface area contributed by atoms with Gasteiger partial charge in [0.2, 0.25) is 5.91 Å². The van der Waals surface area contributed by atoms with Crippen molar-refractivity contribution in [2.75, 3.05) is 33.3 Å². The summed E-state index contributed by atoms with van der Waals surface area (Å²) in [6, 6.07) is 4.40. The number of halogens is 3. The normalized spacial score (nSPS) is 25.0. The first-order chi connectivity index (χ1) is 13.2. The van der Waals surface area contributed by atoms with Gasteiger partial charge < -0.3 is 19.6 Å². The van der Waals surface area contributed by atoms with Crippen LogP contribution in [-0.2, 0) is 20.7 Å². The number of hydrogen-bond acceptors (Lipinski definition) is 5. The van der Waals surface area contributed by atoms with Crippen molar-refractivity contribution in [3.8, 4) is 0 Å². The molecule has 1 amide bonds. The summed E-state index contributed by atoms with van der Waals surface area (Å²) in [6.45, 7) is 6.13. The topological polar surface area (TPSA) is 70.1 Å². The monoisotopic (exact) mass is 422 g/mol. The van der Waals surface area contributed by atoms with Crippen LogP contribution in [0.5, 0.6) is 0 Å². The molecule has 3 rings (SSSR count). The van der Waals surface area contributed by atoms with Gasteiger partial charge in [-0.25, -0.2) is 4.79 Å². The second-order valence-electron chi connectivity index (χ2n) is 6.79. The summed E-state index contributed by atoms with van der Waals surface area (Å²) in [5.74, 6) is -2.01. The fourth-order valence-corrected chi connectivity index (χ4v) is 4.46. The highest BCUT2D eigenvalue weighted by atomic mass is 32.1. The highest BCUT2D eigenvalue weighted by molar-refractivity contribution is 7.10. The Bertz CT molecular complexity index is 654. The molecule has 158 valence electrons. The van der Waals surface area contributed by atoms with Gasteiger partial charge in [0.15, 0.2) is 0 Å². The highest BCUT2D eigenvalue weighted by Gasteiger charge is 2.45. The standard InChI is InChI=1S/C16H24N2O2S.C2HF3O2/c1-3-17-10-13-14(11-17)18(7-6-15(13)20-2)16(19)9-12-5-4-8-21-12;3-2(4,5)1(6)7/h4-5,8,13-15H,3,6-7,9-11H2,1-2H3;(H,6,7)/t13-,14+,15-;/m0./s1. The maximum absolute atomic E-state index is 12.7. The van der Waals surface area contributed by atoms with Gasteiger partial charge in [-0.1, -0.05) is 13.0 Å². The number of carboxylic acids is 1. The van der Waals surface area contributed by atoms with Crippen LogP contribution in [0.3, 0.4) is 0 Å². The van der Waals surface area contributed by atoms with Crippen LogP contribution >= 0.6 is 11.3 Å². The molecular formula is C18H25F3N2O4S. The molecule has 0 aromatic carbocycles. The van der Waals surface area contributed by atoms with E-state index in [0.29, 0.717) is 24.5 Å². The maximum atomic E-state index is 12.7. The Morgan fingerprint density at radius 1 is 1.36 bits per heavy atom. The van der Waals surface area contributed by atoms with Crippen molar-refractivity contribution in [3.05, 3.63) is 22.4 Å². The van der Waals surface area contributed by atoms with Crippen LogP contribution in [0.25, 0.3) is 0 Å². The number of rotatable bonds is 4. The van der Waals surface area contributed by atoms with Crippen molar-refractivity contribution < 1.29 is 32.6 Å². The van der Waals surface area contributed by atoms with Gasteiger partial charge >= 0.3 is 12.1 Å². The maximum Gasteiger partial charge on any atom is 0.490 e. The lowest BCUT2D eigenvalue weighted by Crippen LogP contribution is -2.53. The van der Waals surface area contributed by atoms with Gasteiger partial charge in [0, 0.05) is 37.5 Å². The molecule has 10 heteroatoms. The molecule has 1 aromatic rings. The summed E-state index contributed by atoms with van der Waals surface area (Å²) in [4.78, 5) is 27.3. The molecule has 28 heavy (non-hydrogen) atoms. The van der Waals surface area contributed by atoms with Crippen LogP contribution in [0.2, 0.25) is 0 Å². The number of ether oxygens (including phenoxy) is 1. The lowest BCUT2D eigenvalue weighted by molar-refractivity contribution is -0.192. The Morgan fingerprint density at radius 3 is 2.54 bits per heavy atom. The number of hydrogen-bond donors (Lipinski definition) is 1. The van der Waals surface area contributed by atoms with Crippen molar-refractivity contribution in [1.29, 1.82) is 0 Å². The third kappa shape index (κ3) is 5.68. The molecule has 2 fully saturated rings. The molecule has 2 saturated heterocycles. The van der Waals surface area contributed by atoms with Crippen molar-refractivity contribution in [3.63, 3.8) is 0 Å². The van der Waals surface area contributed by atoms with E-state index in [1.54, 1.807) is 18.4 Å². The number of fused-ring (bicyclic) bond motifs is 1. The number of methoxy groups -OCH3 is 1. The molecule has 2 aliphatic heterocycles. The molecule has 0 radical (unpaired) electrons. The van der Waals surface area contributed by atoms with E-state index in [-0.39, 0.29) is 5.91 Å². The second-order valence-corrected chi connectivity index (χ2v) is 7.82. The zero-order chi connectivity index (χ0) is 20.9. The van der Waals surface area contributed by atoms with Gasteiger partial charge in [-0.3, -0.25) is 4.79 Å². The summed E-state index contributed by atoms with van der Waals surface area (Å²) in [6.07, 6.45) is -3.27. The molecule has 3 heterocycles. The number of carbonyl (C=O) groups is 2. The fourth-order valence-electron chi connectivity index (χ4n) is 3.76. The summed E-state index contributed by atoms with van der Waals surface area (Å²) in [5.41, 5.74) is 0. The molecule has 0 aliphatic carbocycles. The van der Waals surface area contributed by atoms with Gasteiger partial charge in [-0.05, 0) is 24.4 Å². The SMILES string of the molecule is CCN1C[C@@H]2[C@@H](OC)CCN(C(=O)Cc3cccs3)[C@@H]2C1.O=C(O)C(F)(F)F. The number of nitrogens with zero attached hydrogens (tertiary/aromatic N) is 2. The smallest absolute Gasteiger partial charge is 0.475 e. The van der Waals surface area contributed by atoms with E-state index in [0.717, 1.165) is 37.5 Å². The first-order valence-corrected chi connectivity index (χ1v) is 9.92. The predicted molar refractivity (Wildman–Crippen MR) is 98.2 cm³/mol. The van der Waals surface area contributed by atoms with Crippen LogP contribution in [0, 0.1) is 5.92 Å². The Hall–Kier alpha value is -1.65. The molecule has 0 bridgehead atoms. The molecule has 0 spiro atoms. The van der Waals surface area contributed by atoms with E-state index in [4.69, 9.17) is 14.6 Å². The van der Waals surface area contributed by atoms with Gasteiger partial charge in [0.1, 0.15) is 0 Å². The molecule has 2 aliphatic rings. The number of thiophene rings is 1. The van der Waals surface area contributed by atoms with Crippen molar-refractivity contribution >= 4 is 23.2 Å². The number of likely N-dealkylation sites (tertiary alicyclic amines) is 2. The van der Waals surface area contributed by atoms with Gasteiger partial charge in [0.05, 0.1) is 18.6 Å². The van der Waals surface area contributed by atoms with Crippen LogP contribution < -0.4 is 0 Å². The average molecular weight is 422 g/mol. The van der Waals surface area contributed by atoms with Crippen molar-refractivity contribution in [2.24, 2.45) is 5.92 Å². The van der Waals surface area contributed by atoms with E-state index in [1.165, 1.54) is 0 Å². The molecule has 0 unspecified atom stereocenters. The van der Waals surface area contributed by atoms with E-state index >= 15 is 0 Å². The Labute approximate surface area is 165 Å². The number of carboxylic acid groups (broad SMARTS) is 1. The number of likely N-dealkylation sites (N-methyl/N-ethyl adjacent to an activating group) is 1. The van der Waals surface area contributed by atoms with E-state index < -0.39 is 12.1 Å². The number of amides is 1. The van der Waals surface area contributed by atoms with Gasteiger partial charge in [-0.2, -0.15) is 13.2 Å². The quantitative estimate of drug-likeness (QED) is 0.808. The summed E-state index contributed by atoms with van der Waals surface area (Å²) < 4.78 is 37.4. The minimum atomic E-state index is -5.08. The average Bonchev–Trinajstić information content (AvgIpc) is 3.29. The van der Waals surface area contributed by atoms with E-state index in [9.17, 15) is 18.0 Å². The molecule has 3 atom stereocenters. The highest BCUT2D eigenvalue weighted by Crippen LogP contribution is 2.32. The third-order valence-corrected chi connectivity index (χ3v) is 6.04. The zero-order valence-electron chi connectivity index (χ0n) is 15.8. The van der Waals surface area contributed by atoms with Crippen LogP contribution in [0.15, 0.2) is 17.5 Å². The van der Waals surface area contributed by atoms with E-state index in [2.05, 4.69) is 22.8 Å². The second kappa shape index (κ2) is 9.71. The van der Waals surface area contributed by atoms with Gasteiger partial charge in [-0.15, -0.1) is 11.3 Å². The Morgan fingerprint density at radius 2 is 2.04 bits per heavy atom. The minimum Gasteiger partial charge on any atom is -0.475 e. The van der Waals surface area contributed by atoms with Crippen LogP contribution in [-0.4, -0.2) is 78.4 Å². The first kappa shape index (κ1) is 22.6. The van der Waals surface area contributed by atoms with Gasteiger partial charge in [0.25, 0.3) is 0 Å². The lowest BCUT2D eigenvalue weighted by atomic mass is 9.88. The van der Waals surface area contributed by atoms with Crippen molar-refractivity contribution in [1.82, 2.24) is 9.80 Å². The van der Waals surface area contributed by atoms with Crippen molar-refractivity contribution in [2.45, 2.75) is 38.1 Å². The molecule has 1 N–H and O–H groups in total.